The second-order valence-corrected chi connectivity index (χ2v) is 17.4. The normalized spacial score (nSPS) is 12.7. The molecule has 1 aliphatic rings. The van der Waals surface area contributed by atoms with Gasteiger partial charge in [0, 0.05) is 44.5 Å². The van der Waals surface area contributed by atoms with Crippen LogP contribution in [0.15, 0.2) is 237 Å². The van der Waals surface area contributed by atoms with Crippen LogP contribution in [0.3, 0.4) is 0 Å². The predicted octanol–water partition coefficient (Wildman–Crippen LogP) is 16.8. The molecule has 11 aromatic rings. The molecule has 0 radical (unpaired) electrons. The van der Waals surface area contributed by atoms with E-state index in [1.165, 1.54) is 54.9 Å². The number of benzene rings is 10. The van der Waals surface area contributed by atoms with Crippen LogP contribution in [0.2, 0.25) is 0 Å². The SMILES string of the molecule is CC1(C)c2cc(N(c3ccccc3)c3cc(N(c4ccccc4)c4ccccc4)c4c5ccccc5n(-c5ccccc5-c5ccccc5)c4c3)ccc2-c2cc3ccccc3cc21. The van der Waals surface area contributed by atoms with Gasteiger partial charge in [-0.3, -0.25) is 0 Å². The van der Waals surface area contributed by atoms with Crippen LogP contribution >= 0.6 is 0 Å². The Morgan fingerprint density at radius 3 is 1.59 bits per heavy atom. The number of anilines is 6. The van der Waals surface area contributed by atoms with E-state index in [-0.39, 0.29) is 5.41 Å². The summed E-state index contributed by atoms with van der Waals surface area (Å²) in [6, 6.07) is 86.4. The van der Waals surface area contributed by atoms with Gasteiger partial charge in [0.15, 0.2) is 0 Å². The number of aromatic nitrogens is 1. The average Bonchev–Trinajstić information content (AvgIpc) is 3.79. The first-order chi connectivity index (χ1) is 31.5. The van der Waals surface area contributed by atoms with Gasteiger partial charge in [-0.25, -0.2) is 0 Å². The third-order valence-corrected chi connectivity index (χ3v) is 13.3. The lowest BCUT2D eigenvalue weighted by Gasteiger charge is -2.31. The molecule has 3 heteroatoms. The molecule has 0 amide bonds. The monoisotopic (exact) mass is 819 g/mol. The largest absolute Gasteiger partial charge is 0.310 e. The summed E-state index contributed by atoms with van der Waals surface area (Å²) in [6.45, 7) is 4.76. The van der Waals surface area contributed by atoms with Crippen molar-refractivity contribution in [3.05, 3.63) is 248 Å². The van der Waals surface area contributed by atoms with Crippen molar-refractivity contribution in [2.75, 3.05) is 9.80 Å². The van der Waals surface area contributed by atoms with Crippen molar-refractivity contribution >= 4 is 66.7 Å². The Morgan fingerprint density at radius 1 is 0.359 bits per heavy atom. The number of nitrogens with zero attached hydrogens (tertiary/aromatic N) is 3. The lowest BCUT2D eigenvalue weighted by Crippen LogP contribution is -2.17. The molecule has 0 spiro atoms. The molecule has 0 saturated heterocycles. The van der Waals surface area contributed by atoms with Crippen LogP contribution in [0, 0.1) is 0 Å². The molecule has 304 valence electrons. The highest BCUT2D eigenvalue weighted by atomic mass is 15.2. The first kappa shape index (κ1) is 37.6. The maximum absolute atomic E-state index is 2.49. The summed E-state index contributed by atoms with van der Waals surface area (Å²) in [5, 5.41) is 4.92. The average molecular weight is 820 g/mol. The van der Waals surface area contributed by atoms with Crippen molar-refractivity contribution in [2.24, 2.45) is 0 Å². The van der Waals surface area contributed by atoms with Crippen LogP contribution in [0.4, 0.5) is 34.1 Å². The maximum atomic E-state index is 2.49. The van der Waals surface area contributed by atoms with Crippen molar-refractivity contribution in [1.29, 1.82) is 0 Å². The number of hydrogen-bond donors (Lipinski definition) is 0. The highest BCUT2D eigenvalue weighted by molar-refractivity contribution is 6.18. The Kier molecular flexibility index (Phi) is 8.84. The van der Waals surface area contributed by atoms with E-state index in [0.29, 0.717) is 0 Å². The first-order valence-corrected chi connectivity index (χ1v) is 22.2. The zero-order valence-corrected chi connectivity index (χ0v) is 35.9. The summed E-state index contributed by atoms with van der Waals surface area (Å²) in [7, 11) is 0. The van der Waals surface area contributed by atoms with E-state index in [9.17, 15) is 0 Å². The van der Waals surface area contributed by atoms with E-state index in [4.69, 9.17) is 0 Å². The van der Waals surface area contributed by atoms with E-state index < -0.39 is 0 Å². The topological polar surface area (TPSA) is 11.4 Å². The summed E-state index contributed by atoms with van der Waals surface area (Å²) in [5.74, 6) is 0. The molecule has 0 fully saturated rings. The molecular formula is C61H45N3. The Hall–Kier alpha value is -8.14. The Balaban J connectivity index is 1.18. The molecule has 3 nitrogen and oxygen atoms in total. The number of para-hydroxylation sites is 5. The molecule has 0 bridgehead atoms. The van der Waals surface area contributed by atoms with Crippen LogP contribution in [0.5, 0.6) is 0 Å². The molecule has 0 unspecified atom stereocenters. The predicted molar refractivity (Wildman–Crippen MR) is 271 cm³/mol. The first-order valence-electron chi connectivity index (χ1n) is 22.2. The van der Waals surface area contributed by atoms with Gasteiger partial charge >= 0.3 is 0 Å². The lowest BCUT2D eigenvalue weighted by molar-refractivity contribution is 0.661. The smallest absolute Gasteiger partial charge is 0.0583 e. The molecule has 1 heterocycles. The van der Waals surface area contributed by atoms with Gasteiger partial charge in [-0.1, -0.05) is 166 Å². The molecule has 0 aliphatic heterocycles. The molecule has 1 aliphatic carbocycles. The molecular weight excluding hydrogens is 775 g/mol. The lowest BCUT2D eigenvalue weighted by atomic mass is 9.81. The Bertz CT molecular complexity index is 3480. The van der Waals surface area contributed by atoms with Gasteiger partial charge in [0.2, 0.25) is 0 Å². The summed E-state index contributed by atoms with van der Waals surface area (Å²) < 4.78 is 2.49. The van der Waals surface area contributed by atoms with Crippen LogP contribution in [-0.2, 0) is 5.41 Å². The van der Waals surface area contributed by atoms with Gasteiger partial charge < -0.3 is 14.4 Å². The Labute approximate surface area is 374 Å². The summed E-state index contributed by atoms with van der Waals surface area (Å²) >= 11 is 0. The second-order valence-electron chi connectivity index (χ2n) is 17.4. The summed E-state index contributed by atoms with van der Waals surface area (Å²) in [5.41, 5.74) is 17.4. The van der Waals surface area contributed by atoms with E-state index in [1.54, 1.807) is 0 Å². The van der Waals surface area contributed by atoms with Gasteiger partial charge in [-0.15, -0.1) is 0 Å². The van der Waals surface area contributed by atoms with Crippen LogP contribution < -0.4 is 9.80 Å². The van der Waals surface area contributed by atoms with E-state index >= 15 is 0 Å². The van der Waals surface area contributed by atoms with Gasteiger partial charge in [0.25, 0.3) is 0 Å². The number of rotatable bonds is 8. The molecule has 1 aromatic heterocycles. The third-order valence-electron chi connectivity index (χ3n) is 13.3. The number of hydrogen-bond acceptors (Lipinski definition) is 2. The Morgan fingerprint density at radius 2 is 0.906 bits per heavy atom. The fourth-order valence-corrected chi connectivity index (χ4v) is 10.3. The summed E-state index contributed by atoms with van der Waals surface area (Å²) in [6.07, 6.45) is 0. The summed E-state index contributed by atoms with van der Waals surface area (Å²) in [4.78, 5) is 4.89. The van der Waals surface area contributed by atoms with Crippen molar-refractivity contribution in [3.63, 3.8) is 0 Å². The zero-order chi connectivity index (χ0) is 42.8. The van der Waals surface area contributed by atoms with Gasteiger partial charge in [-0.2, -0.15) is 0 Å². The minimum atomic E-state index is -0.201. The molecule has 0 N–H and O–H groups in total. The second kappa shape index (κ2) is 15.0. The molecule has 64 heavy (non-hydrogen) atoms. The van der Waals surface area contributed by atoms with Crippen molar-refractivity contribution in [1.82, 2.24) is 4.57 Å². The van der Waals surface area contributed by atoms with E-state index in [0.717, 1.165) is 50.8 Å². The molecule has 12 rings (SSSR count). The van der Waals surface area contributed by atoms with Crippen LogP contribution in [0.25, 0.3) is 60.5 Å². The highest BCUT2D eigenvalue weighted by Crippen LogP contribution is 2.53. The van der Waals surface area contributed by atoms with E-state index in [1.807, 2.05) is 0 Å². The molecule has 0 atom stereocenters. The fraction of sp³-hybridized carbons (Fsp3) is 0.0492. The zero-order valence-electron chi connectivity index (χ0n) is 35.9. The quantitative estimate of drug-likeness (QED) is 0.151. The molecule has 0 saturated carbocycles. The maximum Gasteiger partial charge on any atom is 0.0583 e. The van der Waals surface area contributed by atoms with Crippen molar-refractivity contribution in [2.45, 2.75) is 19.3 Å². The van der Waals surface area contributed by atoms with E-state index in [2.05, 4.69) is 265 Å². The van der Waals surface area contributed by atoms with Gasteiger partial charge in [-0.05, 0) is 124 Å². The molecule has 10 aromatic carbocycles. The van der Waals surface area contributed by atoms with Gasteiger partial charge in [0.1, 0.15) is 0 Å². The van der Waals surface area contributed by atoms with Crippen molar-refractivity contribution in [3.8, 4) is 27.9 Å². The minimum absolute atomic E-state index is 0.201. The highest BCUT2D eigenvalue weighted by Gasteiger charge is 2.36. The van der Waals surface area contributed by atoms with Crippen LogP contribution in [0.1, 0.15) is 25.0 Å². The standard InChI is InChI=1S/C61H45N3/c1-61(2)54-38-44-24-16-15-23-43(44)37-53(54)51-36-35-48(39-55(51)61)62(45-25-9-4-10-26-45)49-40-58(63(46-27-11-5-12-28-46)47-29-13-6-14-30-47)60-52-32-18-20-34-57(52)64(59(60)41-49)56-33-19-17-31-50(56)42-21-7-3-8-22-42/h3-41H,1-2H3. The van der Waals surface area contributed by atoms with Gasteiger partial charge in [0.05, 0.1) is 28.1 Å². The number of fused-ring (bicyclic) bond motifs is 7. The minimum Gasteiger partial charge on any atom is -0.310 e. The van der Waals surface area contributed by atoms with Crippen molar-refractivity contribution < 1.29 is 0 Å². The fourth-order valence-electron chi connectivity index (χ4n) is 10.3. The third kappa shape index (κ3) is 6.04. The van der Waals surface area contributed by atoms with Crippen LogP contribution in [-0.4, -0.2) is 4.57 Å².